The summed E-state index contributed by atoms with van der Waals surface area (Å²) in [5.74, 6) is 0.508. The molecule has 0 saturated carbocycles. The van der Waals surface area contributed by atoms with Crippen molar-refractivity contribution in [3.8, 4) is 0 Å². The average Bonchev–Trinajstić information content (AvgIpc) is 2.62. The Morgan fingerprint density at radius 1 is 0.840 bits per heavy atom. The lowest BCUT2D eigenvalue weighted by molar-refractivity contribution is -0.116. The van der Waals surface area contributed by atoms with E-state index in [1.165, 1.54) is 12.0 Å². The molecule has 2 nitrogen and oxygen atoms in total. The summed E-state index contributed by atoms with van der Waals surface area (Å²) >= 11 is 0. The van der Waals surface area contributed by atoms with Crippen LogP contribution in [0.5, 0.6) is 0 Å². The molecule has 0 unspecified atom stereocenters. The van der Waals surface area contributed by atoms with Crippen LogP contribution in [-0.4, -0.2) is 11.6 Å². The largest absolute Gasteiger partial charge is 0.289 e. The molecule has 0 heterocycles. The summed E-state index contributed by atoms with van der Waals surface area (Å²) in [4.78, 5) is 24.2. The first-order valence-corrected chi connectivity index (χ1v) is 9.82. The first-order valence-electron chi connectivity index (χ1n) is 9.82. The SMILES string of the molecule is CC.CC.CC1=C(C)C(=O)C(C/C=C(\C)C(C)C)=C(C)C1=O.CCC. The third kappa shape index (κ3) is 9.57. The molecule has 0 atom stereocenters. The van der Waals surface area contributed by atoms with Gasteiger partial charge in [0, 0.05) is 22.3 Å². The molecule has 0 N–H and O–H groups in total. The second-order valence-electron chi connectivity index (χ2n) is 6.03. The van der Waals surface area contributed by atoms with Crippen molar-refractivity contribution in [2.75, 3.05) is 0 Å². The van der Waals surface area contributed by atoms with E-state index in [0.717, 1.165) is 0 Å². The van der Waals surface area contributed by atoms with Gasteiger partial charge < -0.3 is 0 Å². The predicted octanol–water partition coefficient (Wildman–Crippen LogP) is 7.25. The van der Waals surface area contributed by atoms with Crippen molar-refractivity contribution in [1.82, 2.24) is 0 Å². The highest BCUT2D eigenvalue weighted by Gasteiger charge is 2.26. The minimum atomic E-state index is 0.0118. The maximum Gasteiger partial charge on any atom is 0.185 e. The highest BCUT2D eigenvalue weighted by Crippen LogP contribution is 2.27. The van der Waals surface area contributed by atoms with Gasteiger partial charge in [-0.3, -0.25) is 9.59 Å². The fraction of sp³-hybridized carbons (Fsp3) is 0.652. The van der Waals surface area contributed by atoms with Crippen molar-refractivity contribution in [1.29, 1.82) is 0 Å². The molecule has 0 aliphatic heterocycles. The second-order valence-corrected chi connectivity index (χ2v) is 6.03. The van der Waals surface area contributed by atoms with E-state index >= 15 is 0 Å². The number of allylic oxidation sites excluding steroid dienone is 6. The van der Waals surface area contributed by atoms with Crippen molar-refractivity contribution in [2.24, 2.45) is 5.92 Å². The molecule has 0 bridgehead atoms. The van der Waals surface area contributed by atoms with Crippen molar-refractivity contribution in [3.05, 3.63) is 33.9 Å². The molecule has 1 rings (SSSR count). The summed E-state index contributed by atoms with van der Waals surface area (Å²) in [6.07, 6.45) is 3.87. The van der Waals surface area contributed by atoms with Crippen LogP contribution in [0.15, 0.2) is 33.9 Å². The first-order chi connectivity index (χ1) is 11.7. The zero-order chi connectivity index (χ0) is 20.7. The number of carbonyl (C=O) groups excluding carboxylic acids is 2. The van der Waals surface area contributed by atoms with Crippen LogP contribution in [0.4, 0.5) is 0 Å². The molecule has 0 amide bonds. The maximum atomic E-state index is 12.2. The molecule has 1 aliphatic carbocycles. The van der Waals surface area contributed by atoms with Crippen LogP contribution in [0.1, 0.15) is 95.9 Å². The lowest BCUT2D eigenvalue weighted by Crippen LogP contribution is -2.20. The number of hydrogen-bond donors (Lipinski definition) is 0. The molecule has 25 heavy (non-hydrogen) atoms. The van der Waals surface area contributed by atoms with Gasteiger partial charge in [-0.25, -0.2) is 0 Å². The van der Waals surface area contributed by atoms with E-state index in [0.29, 0.717) is 34.6 Å². The molecule has 0 saturated heterocycles. The summed E-state index contributed by atoms with van der Waals surface area (Å²) in [7, 11) is 0. The Balaban J connectivity index is -0.000000605. The van der Waals surface area contributed by atoms with Gasteiger partial charge in [0.2, 0.25) is 0 Å². The Morgan fingerprint density at radius 2 is 1.20 bits per heavy atom. The molecule has 0 fully saturated rings. The smallest absolute Gasteiger partial charge is 0.185 e. The molecule has 0 aromatic carbocycles. The maximum absolute atomic E-state index is 12.2. The molecule has 2 heteroatoms. The quantitative estimate of drug-likeness (QED) is 0.396. The highest BCUT2D eigenvalue weighted by molar-refractivity contribution is 6.24. The minimum Gasteiger partial charge on any atom is -0.289 e. The van der Waals surface area contributed by atoms with E-state index in [9.17, 15) is 9.59 Å². The van der Waals surface area contributed by atoms with Gasteiger partial charge in [-0.15, -0.1) is 0 Å². The molecule has 146 valence electrons. The summed E-state index contributed by atoms with van der Waals surface area (Å²) in [5.41, 5.74) is 3.69. The standard InChI is InChI=1S/C16H22O2.C3H8.2C2H6/c1-9(2)10(3)7-8-14-13(6)15(17)11(4)12(5)16(14)18;1-3-2;2*1-2/h7,9H,8H2,1-6H3;3H2,1-2H3;2*1-2H3/b10-7+;;;. The first kappa shape index (κ1) is 28.4. The van der Waals surface area contributed by atoms with Crippen LogP contribution in [0.25, 0.3) is 0 Å². The third-order valence-electron chi connectivity index (χ3n) is 3.85. The number of rotatable bonds is 3. The highest BCUT2D eigenvalue weighted by atomic mass is 16.1. The van der Waals surface area contributed by atoms with E-state index in [1.807, 2.05) is 27.7 Å². The van der Waals surface area contributed by atoms with Crippen LogP contribution in [-0.2, 0) is 9.59 Å². The van der Waals surface area contributed by atoms with Crippen LogP contribution in [0, 0.1) is 5.92 Å². The van der Waals surface area contributed by atoms with Gasteiger partial charge in [-0.05, 0) is 40.0 Å². The van der Waals surface area contributed by atoms with E-state index in [1.54, 1.807) is 20.8 Å². The van der Waals surface area contributed by atoms with Gasteiger partial charge in [0.25, 0.3) is 0 Å². The lowest BCUT2D eigenvalue weighted by atomic mass is 9.84. The van der Waals surface area contributed by atoms with Crippen molar-refractivity contribution in [3.63, 3.8) is 0 Å². The molecule has 0 aromatic rings. The number of ketones is 2. The topological polar surface area (TPSA) is 34.1 Å². The van der Waals surface area contributed by atoms with Gasteiger partial charge in [0.15, 0.2) is 11.6 Å². The Hall–Kier alpha value is -1.44. The van der Waals surface area contributed by atoms with Crippen molar-refractivity contribution >= 4 is 11.6 Å². The van der Waals surface area contributed by atoms with Gasteiger partial charge in [0.1, 0.15) is 0 Å². The monoisotopic (exact) mass is 350 g/mol. The fourth-order valence-electron chi connectivity index (χ4n) is 1.90. The van der Waals surface area contributed by atoms with Gasteiger partial charge in [0.05, 0.1) is 0 Å². The predicted molar refractivity (Wildman–Crippen MR) is 113 cm³/mol. The van der Waals surface area contributed by atoms with Crippen molar-refractivity contribution in [2.45, 2.75) is 95.9 Å². The zero-order valence-electron chi connectivity index (χ0n) is 18.9. The van der Waals surface area contributed by atoms with Crippen LogP contribution < -0.4 is 0 Å². The molecule has 0 radical (unpaired) electrons. The fourth-order valence-corrected chi connectivity index (χ4v) is 1.90. The molecule has 0 spiro atoms. The van der Waals surface area contributed by atoms with Gasteiger partial charge in [-0.2, -0.15) is 0 Å². The third-order valence-corrected chi connectivity index (χ3v) is 3.85. The Kier molecular flexibility index (Phi) is 18.2. The van der Waals surface area contributed by atoms with Gasteiger partial charge >= 0.3 is 0 Å². The zero-order valence-corrected chi connectivity index (χ0v) is 18.9. The second kappa shape index (κ2) is 16.1. The van der Waals surface area contributed by atoms with Crippen LogP contribution in [0.3, 0.4) is 0 Å². The normalized spacial score (nSPS) is 14.4. The molecule has 1 aliphatic rings. The van der Waals surface area contributed by atoms with E-state index in [-0.39, 0.29) is 11.6 Å². The number of Topliss-reactive ketones (excluding diaryl/α,β-unsaturated/α-hetero) is 2. The van der Waals surface area contributed by atoms with Crippen molar-refractivity contribution < 1.29 is 9.59 Å². The Morgan fingerprint density at radius 3 is 1.56 bits per heavy atom. The Bertz CT molecular complexity index is 500. The summed E-state index contributed by atoms with van der Waals surface area (Å²) in [6.45, 7) is 23.8. The Labute approximate surface area is 157 Å². The summed E-state index contributed by atoms with van der Waals surface area (Å²) in [6, 6.07) is 0. The number of hydrogen-bond acceptors (Lipinski definition) is 2. The number of carbonyl (C=O) groups is 2. The molecular weight excluding hydrogens is 308 g/mol. The van der Waals surface area contributed by atoms with E-state index in [4.69, 9.17) is 0 Å². The minimum absolute atomic E-state index is 0.0118. The van der Waals surface area contributed by atoms with Crippen LogP contribution >= 0.6 is 0 Å². The van der Waals surface area contributed by atoms with E-state index in [2.05, 4.69) is 40.7 Å². The molecule has 0 aromatic heterocycles. The summed E-state index contributed by atoms with van der Waals surface area (Å²) in [5, 5.41) is 0. The summed E-state index contributed by atoms with van der Waals surface area (Å²) < 4.78 is 0. The van der Waals surface area contributed by atoms with Crippen LogP contribution in [0.2, 0.25) is 0 Å². The lowest BCUT2D eigenvalue weighted by Gasteiger charge is -2.18. The van der Waals surface area contributed by atoms with E-state index < -0.39 is 0 Å². The molecular formula is C23H42O2. The average molecular weight is 351 g/mol. The van der Waals surface area contributed by atoms with Gasteiger partial charge in [-0.1, -0.05) is 73.5 Å².